The van der Waals surface area contributed by atoms with Gasteiger partial charge in [-0.2, -0.15) is 5.26 Å². The molecule has 0 aliphatic carbocycles. The van der Waals surface area contributed by atoms with Gasteiger partial charge in [-0.1, -0.05) is 49.9 Å². The molecule has 110 valence electrons. The van der Waals surface area contributed by atoms with Crippen molar-refractivity contribution in [1.82, 2.24) is 0 Å². The third-order valence-corrected chi connectivity index (χ3v) is 3.80. The maximum Gasteiger partial charge on any atom is 0.141 e. The molecule has 0 aliphatic heterocycles. The predicted molar refractivity (Wildman–Crippen MR) is 89.6 cm³/mol. The van der Waals surface area contributed by atoms with Gasteiger partial charge in [-0.25, -0.2) is 4.39 Å². The van der Waals surface area contributed by atoms with Crippen molar-refractivity contribution in [3.05, 3.63) is 83.2 Å². The average Bonchev–Trinajstić information content (AvgIpc) is 2.55. The van der Waals surface area contributed by atoms with Crippen molar-refractivity contribution in [3.63, 3.8) is 0 Å². The number of nitrogens with zero attached hydrogens (tertiary/aromatic N) is 1. The number of benzene rings is 2. The van der Waals surface area contributed by atoms with E-state index < -0.39 is 5.82 Å². The van der Waals surface area contributed by atoms with Crippen LogP contribution in [0.3, 0.4) is 0 Å². The molecule has 0 atom stereocenters. The van der Waals surface area contributed by atoms with Gasteiger partial charge in [-0.15, -0.1) is 0 Å². The first-order valence-electron chi connectivity index (χ1n) is 7.23. The maximum absolute atomic E-state index is 13.8. The molecule has 0 heterocycles. The zero-order valence-electron chi connectivity index (χ0n) is 12.9. The predicted octanol–water partition coefficient (Wildman–Crippen LogP) is 5.38. The number of hydrogen-bond acceptors (Lipinski definition) is 1. The topological polar surface area (TPSA) is 23.8 Å². The van der Waals surface area contributed by atoms with Crippen LogP contribution in [0.2, 0.25) is 0 Å². The Hall–Kier alpha value is -2.66. The van der Waals surface area contributed by atoms with E-state index in [0.29, 0.717) is 0 Å². The van der Waals surface area contributed by atoms with Crippen molar-refractivity contribution >= 4 is 11.1 Å². The van der Waals surface area contributed by atoms with Gasteiger partial charge in [-0.3, -0.25) is 0 Å². The minimum absolute atomic E-state index is 0.0529. The van der Waals surface area contributed by atoms with Crippen LogP contribution >= 0.6 is 0 Å². The summed E-state index contributed by atoms with van der Waals surface area (Å²) in [4.78, 5) is 0. The molecule has 2 rings (SSSR count). The van der Waals surface area contributed by atoms with Gasteiger partial charge in [0, 0.05) is 0 Å². The third kappa shape index (κ3) is 3.15. The van der Waals surface area contributed by atoms with Gasteiger partial charge >= 0.3 is 0 Å². The van der Waals surface area contributed by atoms with E-state index in [0.717, 1.165) is 28.7 Å². The second-order valence-corrected chi connectivity index (χ2v) is 5.10. The minimum Gasteiger partial charge on any atom is -0.206 e. The summed E-state index contributed by atoms with van der Waals surface area (Å²) < 4.78 is 13.8. The van der Waals surface area contributed by atoms with Crippen LogP contribution in [0.4, 0.5) is 4.39 Å². The first-order valence-corrected chi connectivity index (χ1v) is 7.23. The SMILES string of the molecule is C=C/C(=C(\C)c1ccc(CC)cc1)c1ccc(C#N)c(F)c1. The Morgan fingerprint density at radius 1 is 1.18 bits per heavy atom. The van der Waals surface area contributed by atoms with E-state index >= 15 is 0 Å². The van der Waals surface area contributed by atoms with Crippen LogP contribution in [0.15, 0.2) is 55.1 Å². The highest BCUT2D eigenvalue weighted by molar-refractivity contribution is 5.94. The summed E-state index contributed by atoms with van der Waals surface area (Å²) in [5.74, 6) is -0.506. The summed E-state index contributed by atoms with van der Waals surface area (Å²) in [5, 5.41) is 8.82. The van der Waals surface area contributed by atoms with Gasteiger partial charge < -0.3 is 0 Å². The van der Waals surface area contributed by atoms with E-state index in [9.17, 15) is 4.39 Å². The highest BCUT2D eigenvalue weighted by atomic mass is 19.1. The molecule has 0 aliphatic rings. The molecule has 0 unspecified atom stereocenters. The Labute approximate surface area is 131 Å². The molecule has 0 N–H and O–H groups in total. The largest absolute Gasteiger partial charge is 0.206 e. The van der Waals surface area contributed by atoms with E-state index in [1.165, 1.54) is 17.7 Å². The molecule has 2 aromatic carbocycles. The highest BCUT2D eigenvalue weighted by Crippen LogP contribution is 2.28. The number of nitriles is 1. The fraction of sp³-hybridized carbons (Fsp3) is 0.150. The Morgan fingerprint density at radius 3 is 2.32 bits per heavy atom. The molecular weight excluding hydrogens is 273 g/mol. The van der Waals surface area contributed by atoms with Crippen molar-refractivity contribution in [3.8, 4) is 6.07 Å². The Kier molecular flexibility index (Phi) is 4.91. The maximum atomic E-state index is 13.8. The van der Waals surface area contributed by atoms with Crippen molar-refractivity contribution in [2.75, 3.05) is 0 Å². The number of halogens is 1. The Morgan fingerprint density at radius 2 is 1.82 bits per heavy atom. The van der Waals surface area contributed by atoms with Crippen LogP contribution in [0.5, 0.6) is 0 Å². The lowest BCUT2D eigenvalue weighted by Gasteiger charge is -2.10. The average molecular weight is 291 g/mol. The van der Waals surface area contributed by atoms with Crippen LogP contribution in [0.1, 0.15) is 36.1 Å². The lowest BCUT2D eigenvalue weighted by Crippen LogP contribution is -1.91. The third-order valence-electron chi connectivity index (χ3n) is 3.80. The van der Waals surface area contributed by atoms with Gasteiger partial charge in [0.15, 0.2) is 0 Å². The summed E-state index contributed by atoms with van der Waals surface area (Å²) in [5.41, 5.74) is 5.04. The first-order chi connectivity index (χ1) is 10.6. The van der Waals surface area contributed by atoms with Gasteiger partial charge in [0.1, 0.15) is 11.9 Å². The summed E-state index contributed by atoms with van der Waals surface area (Å²) in [6.07, 6.45) is 2.72. The van der Waals surface area contributed by atoms with Crippen LogP contribution in [-0.4, -0.2) is 0 Å². The van der Waals surface area contributed by atoms with E-state index in [2.05, 4.69) is 37.8 Å². The Balaban J connectivity index is 2.50. The summed E-state index contributed by atoms with van der Waals surface area (Å²) in [6.45, 7) is 7.96. The molecule has 0 aromatic heterocycles. The molecule has 0 saturated carbocycles. The van der Waals surface area contributed by atoms with E-state index in [1.807, 2.05) is 13.0 Å². The standard InChI is InChI=1S/C20H18FN/c1-4-15-6-8-16(9-7-15)14(3)19(5-2)17-10-11-18(13-22)20(21)12-17/h5-12H,2,4H2,1,3H3/b19-14-. The van der Waals surface area contributed by atoms with Crippen LogP contribution in [0, 0.1) is 17.1 Å². The molecule has 0 bridgehead atoms. The molecule has 0 saturated heterocycles. The zero-order valence-corrected chi connectivity index (χ0v) is 12.9. The monoisotopic (exact) mass is 291 g/mol. The number of allylic oxidation sites excluding steroid dienone is 3. The quantitative estimate of drug-likeness (QED) is 0.548. The van der Waals surface area contributed by atoms with Crippen LogP contribution < -0.4 is 0 Å². The molecule has 2 heteroatoms. The van der Waals surface area contributed by atoms with Gasteiger partial charge in [-0.05, 0) is 53.3 Å². The molecule has 0 amide bonds. The fourth-order valence-corrected chi connectivity index (χ4v) is 2.41. The number of hydrogen-bond donors (Lipinski definition) is 0. The van der Waals surface area contributed by atoms with E-state index in [1.54, 1.807) is 12.1 Å². The molecular formula is C20H18FN. The minimum atomic E-state index is -0.506. The van der Waals surface area contributed by atoms with Crippen LogP contribution in [0.25, 0.3) is 11.1 Å². The Bertz CT molecular complexity index is 761. The molecule has 2 aromatic rings. The lowest BCUT2D eigenvalue weighted by atomic mass is 9.94. The summed E-state index contributed by atoms with van der Waals surface area (Å²) in [7, 11) is 0. The second kappa shape index (κ2) is 6.87. The van der Waals surface area contributed by atoms with Gasteiger partial charge in [0.25, 0.3) is 0 Å². The van der Waals surface area contributed by atoms with Crippen molar-refractivity contribution < 1.29 is 4.39 Å². The molecule has 0 radical (unpaired) electrons. The highest BCUT2D eigenvalue weighted by Gasteiger charge is 2.08. The summed E-state index contributed by atoms with van der Waals surface area (Å²) >= 11 is 0. The fourth-order valence-electron chi connectivity index (χ4n) is 2.41. The van der Waals surface area contributed by atoms with Gasteiger partial charge in [0.05, 0.1) is 5.56 Å². The zero-order chi connectivity index (χ0) is 16.1. The van der Waals surface area contributed by atoms with Crippen molar-refractivity contribution in [2.24, 2.45) is 0 Å². The van der Waals surface area contributed by atoms with E-state index in [-0.39, 0.29) is 5.56 Å². The smallest absolute Gasteiger partial charge is 0.141 e. The molecule has 1 nitrogen and oxygen atoms in total. The first kappa shape index (κ1) is 15.7. The molecule has 0 spiro atoms. The van der Waals surface area contributed by atoms with Crippen molar-refractivity contribution in [1.29, 1.82) is 5.26 Å². The normalized spacial score (nSPS) is 11.5. The van der Waals surface area contributed by atoms with E-state index in [4.69, 9.17) is 5.26 Å². The summed E-state index contributed by atoms with van der Waals surface area (Å²) in [6, 6.07) is 14.8. The number of aryl methyl sites for hydroxylation is 1. The van der Waals surface area contributed by atoms with Crippen molar-refractivity contribution in [2.45, 2.75) is 20.3 Å². The van der Waals surface area contributed by atoms with Crippen LogP contribution in [-0.2, 0) is 6.42 Å². The van der Waals surface area contributed by atoms with Gasteiger partial charge in [0.2, 0.25) is 0 Å². The second-order valence-electron chi connectivity index (χ2n) is 5.10. The molecule has 0 fully saturated rings. The molecule has 22 heavy (non-hydrogen) atoms. The lowest BCUT2D eigenvalue weighted by molar-refractivity contribution is 0.623. The number of rotatable bonds is 4.